The predicted molar refractivity (Wildman–Crippen MR) is 152 cm³/mol. The number of aromatic nitrogens is 5. The van der Waals surface area contributed by atoms with Gasteiger partial charge in [0.05, 0.1) is 16.8 Å². The minimum Gasteiger partial charge on any atom is -0.371 e. The maximum Gasteiger partial charge on any atom is 0.174 e. The van der Waals surface area contributed by atoms with Gasteiger partial charge in [-0.1, -0.05) is 23.2 Å². The van der Waals surface area contributed by atoms with Gasteiger partial charge in [-0.05, 0) is 63.3 Å². The first-order valence-electron chi connectivity index (χ1n) is 12.6. The van der Waals surface area contributed by atoms with Crippen molar-refractivity contribution in [3.8, 4) is 11.8 Å². The highest BCUT2D eigenvalue weighted by Crippen LogP contribution is 2.33. The molecule has 0 amide bonds. The van der Waals surface area contributed by atoms with Crippen LogP contribution in [-0.2, 0) is 5.60 Å². The van der Waals surface area contributed by atoms with Gasteiger partial charge >= 0.3 is 0 Å². The number of aliphatic hydroxyl groups is 1. The maximum atomic E-state index is 11.2. The first-order chi connectivity index (χ1) is 18.5. The summed E-state index contributed by atoms with van der Waals surface area (Å²) in [5, 5.41) is 16.1. The Morgan fingerprint density at radius 3 is 2.92 bits per heavy atom. The number of benzene rings is 1. The Balaban J connectivity index is 1.36. The zero-order valence-corrected chi connectivity index (χ0v) is 22.1. The number of pyridine rings is 1. The molecular weight excluding hydrogens is 496 g/mol. The zero-order valence-electron chi connectivity index (χ0n) is 21.3. The van der Waals surface area contributed by atoms with Crippen LogP contribution in [0, 0.1) is 11.8 Å². The first kappa shape index (κ1) is 24.3. The molecule has 10 heteroatoms. The van der Waals surface area contributed by atoms with E-state index in [0.29, 0.717) is 5.01 Å². The summed E-state index contributed by atoms with van der Waals surface area (Å²) in [6, 6.07) is 11.8. The van der Waals surface area contributed by atoms with Crippen molar-refractivity contribution in [2.45, 2.75) is 18.9 Å². The lowest BCUT2D eigenvalue weighted by Gasteiger charge is -2.26. The summed E-state index contributed by atoms with van der Waals surface area (Å²) in [4.78, 5) is 26.4. The summed E-state index contributed by atoms with van der Waals surface area (Å²) >= 11 is 1.35. The molecule has 3 N–H and O–H groups in total. The van der Waals surface area contributed by atoms with E-state index < -0.39 is 5.60 Å². The smallest absolute Gasteiger partial charge is 0.174 e. The van der Waals surface area contributed by atoms with Gasteiger partial charge < -0.3 is 25.2 Å². The van der Waals surface area contributed by atoms with Crippen molar-refractivity contribution in [2.24, 2.45) is 0 Å². The van der Waals surface area contributed by atoms with Crippen LogP contribution >= 0.6 is 11.3 Å². The fourth-order valence-corrected chi connectivity index (χ4v) is 5.51. The highest BCUT2D eigenvalue weighted by molar-refractivity contribution is 7.18. The fourth-order valence-electron chi connectivity index (χ4n) is 4.60. The first-order valence-corrected chi connectivity index (χ1v) is 13.4. The van der Waals surface area contributed by atoms with Gasteiger partial charge in [0, 0.05) is 37.6 Å². The second-order valence-corrected chi connectivity index (χ2v) is 10.6. The van der Waals surface area contributed by atoms with Gasteiger partial charge in [0.2, 0.25) is 0 Å². The third-order valence-electron chi connectivity index (χ3n) is 6.70. The Kier molecular flexibility index (Phi) is 6.41. The number of rotatable bonds is 4. The fraction of sp³-hybridized carbons (Fsp3) is 0.286. The van der Waals surface area contributed by atoms with E-state index in [2.05, 4.69) is 65.0 Å². The molecule has 1 aliphatic heterocycles. The SMILES string of the molecule is CN1CCCN(c2ccc(C#CC(C)(O)c3nc4cccnc4s3)cc2Nc2ncnc3[nH]ccc23)CC1. The molecule has 1 aliphatic rings. The van der Waals surface area contributed by atoms with Crippen LogP contribution < -0.4 is 10.2 Å². The Morgan fingerprint density at radius 2 is 2.03 bits per heavy atom. The Bertz CT molecular complexity index is 1630. The molecule has 5 aromatic rings. The highest BCUT2D eigenvalue weighted by Gasteiger charge is 2.25. The monoisotopic (exact) mass is 524 g/mol. The highest BCUT2D eigenvalue weighted by atomic mass is 32.1. The molecule has 4 aromatic heterocycles. The van der Waals surface area contributed by atoms with E-state index in [9.17, 15) is 5.11 Å². The molecule has 0 radical (unpaired) electrons. The molecule has 192 valence electrons. The van der Waals surface area contributed by atoms with Crippen LogP contribution in [0.25, 0.3) is 21.4 Å². The molecule has 9 nitrogen and oxygen atoms in total. The number of aromatic amines is 1. The van der Waals surface area contributed by atoms with Crippen LogP contribution in [-0.4, -0.2) is 68.2 Å². The molecule has 38 heavy (non-hydrogen) atoms. The van der Waals surface area contributed by atoms with E-state index >= 15 is 0 Å². The summed E-state index contributed by atoms with van der Waals surface area (Å²) in [6.07, 6.45) is 6.22. The average molecular weight is 525 g/mol. The normalized spacial score (nSPS) is 16.1. The van der Waals surface area contributed by atoms with Crippen LogP contribution in [0.2, 0.25) is 0 Å². The van der Waals surface area contributed by atoms with Crippen molar-refractivity contribution in [3.63, 3.8) is 0 Å². The lowest BCUT2D eigenvalue weighted by molar-refractivity contribution is 0.122. The van der Waals surface area contributed by atoms with E-state index in [1.54, 1.807) is 19.4 Å². The molecular formula is C28H28N8OS. The molecule has 1 unspecified atom stereocenters. The number of nitrogens with one attached hydrogen (secondary N) is 2. The second kappa shape index (κ2) is 10.0. The molecule has 1 atom stereocenters. The maximum absolute atomic E-state index is 11.2. The number of fused-ring (bicyclic) bond motifs is 2. The number of likely N-dealkylation sites (N-methyl/N-ethyl adjacent to an activating group) is 1. The van der Waals surface area contributed by atoms with Gasteiger partial charge in [-0.15, -0.1) is 0 Å². The summed E-state index contributed by atoms with van der Waals surface area (Å²) in [6.45, 7) is 5.64. The number of thiazole rings is 1. The van der Waals surface area contributed by atoms with Gasteiger partial charge in [-0.25, -0.2) is 19.9 Å². The number of anilines is 3. The van der Waals surface area contributed by atoms with Crippen LogP contribution in [0.15, 0.2) is 55.1 Å². The quantitative estimate of drug-likeness (QED) is 0.302. The van der Waals surface area contributed by atoms with Crippen LogP contribution in [0.1, 0.15) is 23.9 Å². The van der Waals surface area contributed by atoms with Gasteiger partial charge in [0.25, 0.3) is 0 Å². The molecule has 1 aromatic carbocycles. The standard InChI is InChI=1S/C28H28N8OS/c1-28(37,27-34-21-5-3-11-30-26(21)38-27)10-8-19-6-7-23(36-14-4-13-35(2)15-16-36)22(17-19)33-25-20-9-12-29-24(20)31-18-32-25/h3,5-7,9,11-12,17-18,37H,4,13-16H2,1-2H3,(H2,29,31,32,33). The largest absolute Gasteiger partial charge is 0.371 e. The molecule has 5 heterocycles. The summed E-state index contributed by atoms with van der Waals surface area (Å²) in [7, 11) is 2.16. The molecule has 1 saturated heterocycles. The van der Waals surface area contributed by atoms with Gasteiger partial charge in [-0.3, -0.25) is 0 Å². The average Bonchev–Trinajstić information content (AvgIpc) is 3.53. The lowest BCUT2D eigenvalue weighted by atomic mass is 10.1. The van der Waals surface area contributed by atoms with Crippen molar-refractivity contribution in [2.75, 3.05) is 43.4 Å². The Labute approximate surface area is 224 Å². The van der Waals surface area contributed by atoms with E-state index in [0.717, 1.165) is 76.7 Å². The molecule has 0 bridgehead atoms. The predicted octanol–water partition coefficient (Wildman–Crippen LogP) is 4.11. The van der Waals surface area contributed by atoms with Crippen molar-refractivity contribution >= 4 is 49.9 Å². The van der Waals surface area contributed by atoms with Gasteiger partial charge in [-0.2, -0.15) is 0 Å². The summed E-state index contributed by atoms with van der Waals surface area (Å²) in [5.41, 5.74) is 2.91. The number of hydrogen-bond acceptors (Lipinski definition) is 9. The molecule has 0 spiro atoms. The number of nitrogens with zero attached hydrogens (tertiary/aromatic N) is 6. The van der Waals surface area contributed by atoms with E-state index in [-0.39, 0.29) is 0 Å². The minimum absolute atomic E-state index is 0.526. The topological polar surface area (TPSA) is 106 Å². The van der Waals surface area contributed by atoms with E-state index in [1.165, 1.54) is 11.3 Å². The second-order valence-electron chi connectivity index (χ2n) is 9.63. The van der Waals surface area contributed by atoms with Gasteiger partial charge in [0.15, 0.2) is 5.60 Å². The third-order valence-corrected chi connectivity index (χ3v) is 7.89. The molecule has 0 saturated carbocycles. The van der Waals surface area contributed by atoms with Crippen molar-refractivity contribution in [3.05, 3.63) is 65.7 Å². The van der Waals surface area contributed by atoms with E-state index in [1.807, 2.05) is 36.5 Å². The van der Waals surface area contributed by atoms with Crippen molar-refractivity contribution < 1.29 is 5.11 Å². The van der Waals surface area contributed by atoms with Gasteiger partial charge in [0.1, 0.15) is 33.1 Å². The van der Waals surface area contributed by atoms with Crippen molar-refractivity contribution in [1.29, 1.82) is 0 Å². The molecule has 1 fully saturated rings. The number of H-pyrrole nitrogens is 1. The molecule has 6 rings (SSSR count). The summed E-state index contributed by atoms with van der Waals surface area (Å²) < 4.78 is 0. The Morgan fingerprint density at radius 1 is 1.11 bits per heavy atom. The Hall–Kier alpha value is -4.04. The van der Waals surface area contributed by atoms with E-state index in [4.69, 9.17) is 0 Å². The third kappa shape index (κ3) is 4.91. The zero-order chi connectivity index (χ0) is 26.1. The van der Waals surface area contributed by atoms with Crippen LogP contribution in [0.4, 0.5) is 17.2 Å². The van der Waals surface area contributed by atoms with Crippen LogP contribution in [0.3, 0.4) is 0 Å². The minimum atomic E-state index is -1.41. The lowest BCUT2D eigenvalue weighted by Crippen LogP contribution is -2.29. The van der Waals surface area contributed by atoms with Crippen molar-refractivity contribution in [1.82, 2.24) is 29.8 Å². The van der Waals surface area contributed by atoms with Crippen LogP contribution in [0.5, 0.6) is 0 Å². The summed E-state index contributed by atoms with van der Waals surface area (Å²) in [5.74, 6) is 6.93. The number of hydrogen-bond donors (Lipinski definition) is 3. The molecule has 0 aliphatic carbocycles.